The van der Waals surface area contributed by atoms with E-state index in [-0.39, 0.29) is 5.91 Å². The van der Waals surface area contributed by atoms with Crippen LogP contribution in [0.1, 0.15) is 12.1 Å². The Bertz CT molecular complexity index is 350. The highest BCUT2D eigenvalue weighted by Gasteiger charge is 2.31. The lowest BCUT2D eigenvalue weighted by atomic mass is 10.2. The summed E-state index contributed by atoms with van der Waals surface area (Å²) in [6.45, 7) is 2.56. The molecule has 0 radical (unpaired) electrons. The molecule has 1 atom stereocenters. The molecule has 76 valence electrons. The van der Waals surface area contributed by atoms with Crippen molar-refractivity contribution in [1.82, 2.24) is 5.16 Å². The van der Waals surface area contributed by atoms with Crippen molar-refractivity contribution >= 4 is 27.7 Å². The summed E-state index contributed by atoms with van der Waals surface area (Å²) in [4.78, 5) is 13.2. The monoisotopic (exact) mass is 258 g/mol. The maximum Gasteiger partial charge on any atom is 0.234 e. The molecule has 1 aliphatic rings. The molecule has 0 bridgehead atoms. The third kappa shape index (κ3) is 1.68. The first-order chi connectivity index (χ1) is 6.70. The van der Waals surface area contributed by atoms with E-state index in [9.17, 15) is 4.79 Å². The van der Waals surface area contributed by atoms with Crippen molar-refractivity contribution in [1.29, 1.82) is 0 Å². The van der Waals surface area contributed by atoms with Gasteiger partial charge in [0.15, 0.2) is 0 Å². The zero-order chi connectivity index (χ0) is 10.1. The van der Waals surface area contributed by atoms with Gasteiger partial charge in [-0.2, -0.15) is 0 Å². The van der Waals surface area contributed by atoms with Crippen molar-refractivity contribution in [3.63, 3.8) is 0 Å². The van der Waals surface area contributed by atoms with E-state index in [0.29, 0.717) is 18.2 Å². The Morgan fingerprint density at radius 3 is 3.07 bits per heavy atom. The van der Waals surface area contributed by atoms with Gasteiger partial charge in [0.1, 0.15) is 0 Å². The number of halogens is 1. The SMILES string of the molecule is Cc1cc(N2CC(CBr)CC2=O)on1. The molecule has 5 heteroatoms. The second-order valence-electron chi connectivity index (χ2n) is 3.54. The normalized spacial score (nSPS) is 22.0. The summed E-state index contributed by atoms with van der Waals surface area (Å²) in [6, 6.07) is 1.79. The Balaban J connectivity index is 2.16. The van der Waals surface area contributed by atoms with Gasteiger partial charge in [-0.3, -0.25) is 9.69 Å². The molecule has 2 heterocycles. The number of rotatable bonds is 2. The van der Waals surface area contributed by atoms with Gasteiger partial charge in [0.05, 0.1) is 5.69 Å². The lowest BCUT2D eigenvalue weighted by molar-refractivity contribution is -0.117. The minimum absolute atomic E-state index is 0.116. The summed E-state index contributed by atoms with van der Waals surface area (Å²) < 4.78 is 5.05. The second-order valence-corrected chi connectivity index (χ2v) is 4.18. The number of amides is 1. The molecule has 1 aliphatic heterocycles. The Morgan fingerprint density at radius 2 is 2.57 bits per heavy atom. The molecule has 1 aromatic heterocycles. The summed E-state index contributed by atoms with van der Waals surface area (Å²) in [5.74, 6) is 1.06. The zero-order valence-corrected chi connectivity index (χ0v) is 9.45. The number of anilines is 1. The molecule has 0 spiro atoms. The lowest BCUT2D eigenvalue weighted by Gasteiger charge is -2.10. The molecule has 0 aliphatic carbocycles. The number of hydrogen-bond donors (Lipinski definition) is 0. The van der Waals surface area contributed by atoms with Gasteiger partial charge >= 0.3 is 0 Å². The minimum atomic E-state index is 0.116. The fraction of sp³-hybridized carbons (Fsp3) is 0.556. The molecule has 0 N–H and O–H groups in total. The molecule has 1 aromatic rings. The fourth-order valence-corrected chi connectivity index (χ4v) is 2.01. The van der Waals surface area contributed by atoms with Gasteiger partial charge in [-0.05, 0) is 12.8 Å². The van der Waals surface area contributed by atoms with E-state index in [0.717, 1.165) is 17.6 Å². The molecule has 2 rings (SSSR count). The van der Waals surface area contributed by atoms with E-state index in [1.165, 1.54) is 0 Å². The summed E-state index contributed by atoms with van der Waals surface area (Å²) in [5.41, 5.74) is 0.801. The number of alkyl halides is 1. The number of hydrogen-bond acceptors (Lipinski definition) is 3. The molecule has 1 fully saturated rings. The first-order valence-corrected chi connectivity index (χ1v) is 5.62. The van der Waals surface area contributed by atoms with Gasteiger partial charge in [-0.25, -0.2) is 0 Å². The van der Waals surface area contributed by atoms with E-state index in [2.05, 4.69) is 21.1 Å². The van der Waals surface area contributed by atoms with Crippen molar-refractivity contribution in [3.05, 3.63) is 11.8 Å². The highest BCUT2D eigenvalue weighted by atomic mass is 79.9. The largest absolute Gasteiger partial charge is 0.338 e. The quantitative estimate of drug-likeness (QED) is 0.760. The standard InChI is InChI=1S/C9H11BrN2O2/c1-6-2-9(14-11-6)12-5-7(4-10)3-8(12)13/h2,7H,3-5H2,1H3. The van der Waals surface area contributed by atoms with Gasteiger partial charge in [-0.1, -0.05) is 21.1 Å². The van der Waals surface area contributed by atoms with Crippen LogP contribution in [0.5, 0.6) is 0 Å². The maximum absolute atomic E-state index is 11.6. The summed E-state index contributed by atoms with van der Waals surface area (Å²) >= 11 is 3.38. The van der Waals surface area contributed by atoms with Crippen molar-refractivity contribution < 1.29 is 9.32 Å². The number of aromatic nitrogens is 1. The molecule has 0 aromatic carbocycles. The lowest BCUT2D eigenvalue weighted by Crippen LogP contribution is -2.24. The van der Waals surface area contributed by atoms with Crippen molar-refractivity contribution in [2.24, 2.45) is 5.92 Å². The van der Waals surface area contributed by atoms with Gasteiger partial charge in [0.2, 0.25) is 11.8 Å². The first-order valence-electron chi connectivity index (χ1n) is 4.50. The van der Waals surface area contributed by atoms with Gasteiger partial charge in [-0.15, -0.1) is 0 Å². The Hall–Kier alpha value is -0.840. The average molecular weight is 259 g/mol. The molecule has 0 saturated carbocycles. The minimum Gasteiger partial charge on any atom is -0.338 e. The predicted octanol–water partition coefficient (Wildman–Crippen LogP) is 1.73. The molecule has 1 unspecified atom stereocenters. The van der Waals surface area contributed by atoms with Crippen LogP contribution in [-0.4, -0.2) is 22.9 Å². The van der Waals surface area contributed by atoms with Crippen LogP contribution in [-0.2, 0) is 4.79 Å². The summed E-state index contributed by atoms with van der Waals surface area (Å²) in [5, 5.41) is 4.62. The van der Waals surface area contributed by atoms with Crippen molar-refractivity contribution in [3.8, 4) is 0 Å². The van der Waals surface area contributed by atoms with Gasteiger partial charge in [0.25, 0.3) is 0 Å². The predicted molar refractivity (Wildman–Crippen MR) is 55.5 cm³/mol. The molecule has 4 nitrogen and oxygen atoms in total. The highest BCUT2D eigenvalue weighted by molar-refractivity contribution is 9.09. The highest BCUT2D eigenvalue weighted by Crippen LogP contribution is 2.26. The Labute approximate surface area is 90.4 Å². The van der Waals surface area contributed by atoms with Crippen molar-refractivity contribution in [2.45, 2.75) is 13.3 Å². The first kappa shape index (κ1) is 9.71. The number of carbonyl (C=O) groups is 1. The van der Waals surface area contributed by atoms with Crippen LogP contribution in [0, 0.1) is 12.8 Å². The number of aryl methyl sites for hydroxylation is 1. The van der Waals surface area contributed by atoms with Gasteiger partial charge < -0.3 is 4.52 Å². The summed E-state index contributed by atoms with van der Waals surface area (Å²) in [7, 11) is 0. The molecular weight excluding hydrogens is 248 g/mol. The van der Waals surface area contributed by atoms with Crippen LogP contribution in [0.3, 0.4) is 0 Å². The third-order valence-electron chi connectivity index (χ3n) is 2.30. The van der Waals surface area contributed by atoms with Crippen LogP contribution in [0.25, 0.3) is 0 Å². The molecular formula is C9H11BrN2O2. The van der Waals surface area contributed by atoms with Crippen LogP contribution in [0.2, 0.25) is 0 Å². The number of carbonyl (C=O) groups excluding carboxylic acids is 1. The molecule has 14 heavy (non-hydrogen) atoms. The smallest absolute Gasteiger partial charge is 0.234 e. The van der Waals surface area contributed by atoms with Gasteiger partial charge in [0, 0.05) is 24.4 Å². The van der Waals surface area contributed by atoms with Crippen LogP contribution < -0.4 is 4.90 Å². The van der Waals surface area contributed by atoms with E-state index in [4.69, 9.17) is 4.52 Å². The molecule has 1 saturated heterocycles. The van der Waals surface area contributed by atoms with E-state index in [1.807, 2.05) is 6.92 Å². The topological polar surface area (TPSA) is 46.3 Å². The summed E-state index contributed by atoms with van der Waals surface area (Å²) in [6.07, 6.45) is 0.588. The fourth-order valence-electron chi connectivity index (χ4n) is 1.58. The van der Waals surface area contributed by atoms with Crippen LogP contribution in [0.15, 0.2) is 10.6 Å². The van der Waals surface area contributed by atoms with E-state index < -0.39 is 0 Å². The van der Waals surface area contributed by atoms with Crippen LogP contribution >= 0.6 is 15.9 Å². The maximum atomic E-state index is 11.6. The second kappa shape index (κ2) is 3.73. The molecule has 1 amide bonds. The number of nitrogens with zero attached hydrogens (tertiary/aromatic N) is 2. The average Bonchev–Trinajstić information content (AvgIpc) is 2.71. The zero-order valence-electron chi connectivity index (χ0n) is 7.86. The van der Waals surface area contributed by atoms with Crippen LogP contribution in [0.4, 0.5) is 5.88 Å². The Morgan fingerprint density at radius 1 is 1.79 bits per heavy atom. The third-order valence-corrected chi connectivity index (χ3v) is 3.22. The Kier molecular flexibility index (Phi) is 2.58. The van der Waals surface area contributed by atoms with Crippen molar-refractivity contribution in [2.75, 3.05) is 16.8 Å². The van der Waals surface area contributed by atoms with E-state index in [1.54, 1.807) is 11.0 Å². The van der Waals surface area contributed by atoms with E-state index >= 15 is 0 Å².